The zero-order valence-electron chi connectivity index (χ0n) is 14.8. The standard InChI is InChI=1S/C18H20ClN3O4/c1-10-15(19)16(21(2)20-10)17(23)22-8-13(14(9-22)18(24)25)11-5-4-6-12(7-11)26-3/h4-7,13-14H,8-9H2,1-3H3,(H,24,25)/t13-,14+/m1/s1. The number of carbonyl (C=O) groups is 2. The molecule has 7 nitrogen and oxygen atoms in total. The maximum absolute atomic E-state index is 12.9. The maximum Gasteiger partial charge on any atom is 0.308 e. The zero-order chi connectivity index (χ0) is 19.0. The number of amides is 1. The SMILES string of the molecule is COc1cccc([C@H]2CN(C(=O)c3c(Cl)c(C)nn3C)C[C@@H]2C(=O)O)c1. The summed E-state index contributed by atoms with van der Waals surface area (Å²) >= 11 is 6.22. The van der Waals surface area contributed by atoms with Crippen LogP contribution in [0.1, 0.15) is 27.7 Å². The highest BCUT2D eigenvalue weighted by Crippen LogP contribution is 2.35. The highest BCUT2D eigenvalue weighted by Gasteiger charge is 2.41. The van der Waals surface area contributed by atoms with Crippen LogP contribution in [-0.4, -0.2) is 51.9 Å². The number of hydrogen-bond donors (Lipinski definition) is 1. The van der Waals surface area contributed by atoms with Crippen LogP contribution < -0.4 is 4.74 Å². The number of rotatable bonds is 4. The Morgan fingerprint density at radius 2 is 2.08 bits per heavy atom. The van der Waals surface area contributed by atoms with Crippen molar-refractivity contribution in [3.05, 3.63) is 46.2 Å². The molecular formula is C18H20ClN3O4. The van der Waals surface area contributed by atoms with Crippen molar-refractivity contribution in [2.45, 2.75) is 12.8 Å². The van der Waals surface area contributed by atoms with Crippen molar-refractivity contribution in [2.75, 3.05) is 20.2 Å². The number of aryl methyl sites for hydroxylation is 2. The molecule has 3 rings (SSSR count). The van der Waals surface area contributed by atoms with Gasteiger partial charge in [0.15, 0.2) is 0 Å². The Balaban J connectivity index is 1.92. The second kappa shape index (κ2) is 6.99. The van der Waals surface area contributed by atoms with Crippen LogP contribution in [0.25, 0.3) is 0 Å². The van der Waals surface area contributed by atoms with Crippen molar-refractivity contribution < 1.29 is 19.4 Å². The van der Waals surface area contributed by atoms with Gasteiger partial charge in [0, 0.05) is 26.1 Å². The Morgan fingerprint density at radius 3 is 2.65 bits per heavy atom. The fourth-order valence-electron chi connectivity index (χ4n) is 3.44. The smallest absolute Gasteiger partial charge is 0.308 e. The van der Waals surface area contributed by atoms with E-state index in [0.29, 0.717) is 23.0 Å². The predicted molar refractivity (Wildman–Crippen MR) is 95.7 cm³/mol. The first kappa shape index (κ1) is 18.3. The first-order valence-corrected chi connectivity index (χ1v) is 8.56. The molecule has 1 aromatic carbocycles. The number of benzene rings is 1. The molecular weight excluding hydrogens is 358 g/mol. The highest BCUT2D eigenvalue weighted by molar-refractivity contribution is 6.34. The Hall–Kier alpha value is -2.54. The van der Waals surface area contributed by atoms with Gasteiger partial charge < -0.3 is 14.7 Å². The molecule has 0 unspecified atom stereocenters. The summed E-state index contributed by atoms with van der Waals surface area (Å²) in [6.07, 6.45) is 0. The van der Waals surface area contributed by atoms with Gasteiger partial charge in [-0.2, -0.15) is 5.10 Å². The first-order chi connectivity index (χ1) is 12.3. The van der Waals surface area contributed by atoms with Crippen LogP contribution >= 0.6 is 11.6 Å². The van der Waals surface area contributed by atoms with Crippen LogP contribution in [0.15, 0.2) is 24.3 Å². The van der Waals surface area contributed by atoms with Crippen LogP contribution in [0.5, 0.6) is 5.75 Å². The van der Waals surface area contributed by atoms with Crippen molar-refractivity contribution in [1.29, 1.82) is 0 Å². The van der Waals surface area contributed by atoms with E-state index in [-0.39, 0.29) is 24.1 Å². The zero-order valence-corrected chi connectivity index (χ0v) is 15.5. The molecule has 0 spiro atoms. The average molecular weight is 378 g/mol. The number of ether oxygens (including phenoxy) is 1. The Labute approximate surface area is 156 Å². The molecule has 1 amide bonds. The van der Waals surface area contributed by atoms with Gasteiger partial charge in [0.1, 0.15) is 11.4 Å². The van der Waals surface area contributed by atoms with E-state index in [1.165, 1.54) is 9.58 Å². The number of nitrogens with zero attached hydrogens (tertiary/aromatic N) is 3. The monoisotopic (exact) mass is 377 g/mol. The van der Waals surface area contributed by atoms with Crippen molar-refractivity contribution in [3.63, 3.8) is 0 Å². The summed E-state index contributed by atoms with van der Waals surface area (Å²) in [7, 11) is 3.21. The van der Waals surface area contributed by atoms with Gasteiger partial charge in [-0.15, -0.1) is 0 Å². The Kier molecular flexibility index (Phi) is 4.91. The van der Waals surface area contributed by atoms with Crippen LogP contribution in [0.3, 0.4) is 0 Å². The van der Waals surface area contributed by atoms with Crippen molar-refractivity contribution in [3.8, 4) is 5.75 Å². The third-order valence-electron chi connectivity index (χ3n) is 4.80. The Morgan fingerprint density at radius 1 is 1.35 bits per heavy atom. The number of likely N-dealkylation sites (tertiary alicyclic amines) is 1. The minimum absolute atomic E-state index is 0.122. The lowest BCUT2D eigenvalue weighted by molar-refractivity contribution is -0.141. The second-order valence-electron chi connectivity index (χ2n) is 6.41. The molecule has 0 saturated carbocycles. The molecule has 1 fully saturated rings. The van der Waals surface area contributed by atoms with E-state index in [1.807, 2.05) is 18.2 Å². The normalized spacial score (nSPS) is 19.6. The van der Waals surface area contributed by atoms with Crippen molar-refractivity contribution >= 4 is 23.5 Å². The van der Waals surface area contributed by atoms with E-state index in [4.69, 9.17) is 16.3 Å². The molecule has 8 heteroatoms. The van der Waals surface area contributed by atoms with E-state index in [2.05, 4.69) is 5.10 Å². The molecule has 0 bridgehead atoms. The van der Waals surface area contributed by atoms with Crippen molar-refractivity contribution in [1.82, 2.24) is 14.7 Å². The van der Waals surface area contributed by atoms with Crippen LogP contribution in [0.2, 0.25) is 5.02 Å². The minimum Gasteiger partial charge on any atom is -0.497 e. The van der Waals surface area contributed by atoms with Gasteiger partial charge in [-0.25, -0.2) is 0 Å². The molecule has 2 aromatic rings. The van der Waals surface area contributed by atoms with Crippen LogP contribution in [0, 0.1) is 12.8 Å². The molecule has 26 heavy (non-hydrogen) atoms. The summed E-state index contributed by atoms with van der Waals surface area (Å²) in [6, 6.07) is 7.29. The lowest BCUT2D eigenvalue weighted by Gasteiger charge is -2.17. The summed E-state index contributed by atoms with van der Waals surface area (Å²) in [4.78, 5) is 26.2. The fourth-order valence-corrected chi connectivity index (χ4v) is 3.69. The molecule has 1 aliphatic rings. The molecule has 2 atom stereocenters. The van der Waals surface area contributed by atoms with E-state index in [9.17, 15) is 14.7 Å². The highest BCUT2D eigenvalue weighted by atomic mass is 35.5. The molecule has 1 saturated heterocycles. The minimum atomic E-state index is -0.930. The largest absolute Gasteiger partial charge is 0.497 e. The summed E-state index contributed by atoms with van der Waals surface area (Å²) in [5, 5.41) is 14.1. The fraction of sp³-hybridized carbons (Fsp3) is 0.389. The number of carboxylic acid groups (broad SMARTS) is 1. The Bertz CT molecular complexity index is 864. The van der Waals surface area contributed by atoms with E-state index < -0.39 is 11.9 Å². The second-order valence-corrected chi connectivity index (χ2v) is 6.79. The predicted octanol–water partition coefficient (Wildman–Crippen LogP) is 2.33. The van der Waals surface area contributed by atoms with Gasteiger partial charge in [0.2, 0.25) is 0 Å². The van der Waals surface area contributed by atoms with E-state index in [0.717, 1.165) is 5.56 Å². The topological polar surface area (TPSA) is 84.7 Å². The summed E-state index contributed by atoms with van der Waals surface area (Å²) in [6.45, 7) is 2.14. The van der Waals surface area contributed by atoms with E-state index >= 15 is 0 Å². The number of hydrogen-bond acceptors (Lipinski definition) is 4. The molecule has 138 valence electrons. The number of halogens is 1. The lowest BCUT2D eigenvalue weighted by Crippen LogP contribution is -2.31. The molecule has 1 N–H and O–H groups in total. The van der Waals surface area contributed by atoms with Gasteiger partial charge in [0.05, 0.1) is 23.7 Å². The molecule has 0 radical (unpaired) electrons. The number of methoxy groups -OCH3 is 1. The third kappa shape index (κ3) is 3.14. The molecule has 1 aliphatic heterocycles. The first-order valence-electron chi connectivity index (χ1n) is 8.18. The number of carboxylic acids is 1. The maximum atomic E-state index is 12.9. The number of aliphatic carboxylic acids is 1. The lowest BCUT2D eigenvalue weighted by atomic mass is 9.89. The van der Waals surface area contributed by atoms with E-state index in [1.54, 1.807) is 27.1 Å². The number of carbonyl (C=O) groups excluding carboxylic acids is 1. The summed E-state index contributed by atoms with van der Waals surface area (Å²) < 4.78 is 6.67. The van der Waals surface area contributed by atoms with Gasteiger partial charge >= 0.3 is 5.97 Å². The summed E-state index contributed by atoms with van der Waals surface area (Å²) in [5.41, 5.74) is 1.68. The average Bonchev–Trinajstić information content (AvgIpc) is 3.17. The number of aromatic nitrogens is 2. The van der Waals surface area contributed by atoms with Gasteiger partial charge in [0.25, 0.3) is 5.91 Å². The summed E-state index contributed by atoms with van der Waals surface area (Å²) in [5.74, 6) is -1.60. The quantitative estimate of drug-likeness (QED) is 0.883. The van der Waals surface area contributed by atoms with Gasteiger partial charge in [-0.3, -0.25) is 14.3 Å². The van der Waals surface area contributed by atoms with Gasteiger partial charge in [-0.1, -0.05) is 23.7 Å². The molecule has 1 aromatic heterocycles. The van der Waals surface area contributed by atoms with Crippen molar-refractivity contribution in [2.24, 2.45) is 13.0 Å². The third-order valence-corrected chi connectivity index (χ3v) is 5.25. The van der Waals surface area contributed by atoms with Crippen LogP contribution in [-0.2, 0) is 11.8 Å². The van der Waals surface area contributed by atoms with Crippen LogP contribution in [0.4, 0.5) is 0 Å². The molecule has 0 aliphatic carbocycles. The molecule has 2 heterocycles. The van der Waals surface area contributed by atoms with Gasteiger partial charge in [-0.05, 0) is 24.6 Å².